The highest BCUT2D eigenvalue weighted by Gasteiger charge is 2.13. The lowest BCUT2D eigenvalue weighted by Gasteiger charge is -2.15. The van der Waals surface area contributed by atoms with Crippen molar-refractivity contribution in [1.29, 1.82) is 0 Å². The summed E-state index contributed by atoms with van der Waals surface area (Å²) >= 11 is 0. The average molecular weight is 166 g/mol. The van der Waals surface area contributed by atoms with Crippen LogP contribution in [0.15, 0.2) is 4.79 Å². The molecule has 0 atom stereocenters. The van der Waals surface area contributed by atoms with Crippen molar-refractivity contribution in [2.24, 2.45) is 0 Å². The van der Waals surface area contributed by atoms with Crippen molar-refractivity contribution < 1.29 is 4.74 Å². The lowest BCUT2D eigenvalue weighted by atomic mass is 10.1. The maximum atomic E-state index is 10.9. The quantitative estimate of drug-likeness (QED) is 0.597. The molecule has 1 aliphatic heterocycles. The lowest BCUT2D eigenvalue weighted by molar-refractivity contribution is 0.106. The highest BCUT2D eigenvalue weighted by molar-refractivity contribution is 5.24. The fourth-order valence-corrected chi connectivity index (χ4v) is 1.46. The van der Waals surface area contributed by atoms with Gasteiger partial charge in [0.1, 0.15) is 0 Å². The summed E-state index contributed by atoms with van der Waals surface area (Å²) in [6.45, 7) is 3.09. The molecule has 1 aliphatic rings. The van der Waals surface area contributed by atoms with Crippen LogP contribution in [0.3, 0.4) is 0 Å². The van der Waals surface area contributed by atoms with E-state index in [0.29, 0.717) is 6.61 Å². The smallest absolute Gasteiger partial charge is 0.345 e. The van der Waals surface area contributed by atoms with Gasteiger partial charge in [0.05, 0.1) is 18.9 Å². The summed E-state index contributed by atoms with van der Waals surface area (Å²) in [5, 5.41) is 0. The Morgan fingerprint density at radius 2 is 2.42 bits per heavy atom. The van der Waals surface area contributed by atoms with Crippen molar-refractivity contribution in [1.82, 2.24) is 9.97 Å². The minimum Gasteiger partial charge on any atom is -0.375 e. The van der Waals surface area contributed by atoms with Crippen LogP contribution in [0, 0.1) is 6.92 Å². The molecule has 1 N–H and O–H groups in total. The molecular weight excluding hydrogens is 156 g/mol. The van der Waals surface area contributed by atoms with Gasteiger partial charge in [-0.25, -0.2) is 4.79 Å². The van der Waals surface area contributed by atoms with E-state index < -0.39 is 0 Å². The molecule has 1 aromatic rings. The second kappa shape index (κ2) is 2.71. The molecule has 1 aromatic heterocycles. The minimum absolute atomic E-state index is 0.281. The Labute approximate surface area is 69.6 Å². The zero-order valence-corrected chi connectivity index (χ0v) is 6.89. The summed E-state index contributed by atoms with van der Waals surface area (Å²) in [6.07, 6.45) is 0.852. The predicted octanol–water partition coefficient (Wildman–Crippen LogP) is 0.151. The van der Waals surface area contributed by atoms with Gasteiger partial charge in [0.15, 0.2) is 0 Å². The van der Waals surface area contributed by atoms with Gasteiger partial charge in [0.25, 0.3) is 0 Å². The molecule has 0 aliphatic carbocycles. The lowest BCUT2D eigenvalue weighted by Crippen LogP contribution is -2.22. The van der Waals surface area contributed by atoms with Gasteiger partial charge in [-0.15, -0.1) is 0 Å². The molecule has 0 aromatic carbocycles. The summed E-state index contributed by atoms with van der Waals surface area (Å²) in [7, 11) is 0. The first-order valence-corrected chi connectivity index (χ1v) is 3.94. The van der Waals surface area contributed by atoms with Crippen molar-refractivity contribution in [3.05, 3.63) is 27.4 Å². The SMILES string of the molecule is Cc1[nH]c(=O)nc2c1CCOC2. The molecule has 0 amide bonds. The molecule has 0 fully saturated rings. The second-order valence-electron chi connectivity index (χ2n) is 2.89. The molecule has 2 heterocycles. The van der Waals surface area contributed by atoms with E-state index in [1.54, 1.807) is 0 Å². The van der Waals surface area contributed by atoms with Gasteiger partial charge >= 0.3 is 5.69 Å². The normalized spacial score (nSPS) is 15.8. The highest BCUT2D eigenvalue weighted by Crippen LogP contribution is 2.14. The number of aromatic nitrogens is 2. The highest BCUT2D eigenvalue weighted by atomic mass is 16.5. The van der Waals surface area contributed by atoms with E-state index in [1.165, 1.54) is 0 Å². The fraction of sp³-hybridized carbons (Fsp3) is 0.500. The van der Waals surface area contributed by atoms with Crippen molar-refractivity contribution in [2.45, 2.75) is 20.0 Å². The van der Waals surface area contributed by atoms with E-state index in [9.17, 15) is 4.79 Å². The van der Waals surface area contributed by atoms with Crippen molar-refractivity contribution in [3.8, 4) is 0 Å². The number of nitrogens with one attached hydrogen (secondary N) is 1. The molecule has 4 heteroatoms. The second-order valence-corrected chi connectivity index (χ2v) is 2.89. The first-order valence-electron chi connectivity index (χ1n) is 3.94. The summed E-state index contributed by atoms with van der Waals surface area (Å²) in [5.74, 6) is 0. The monoisotopic (exact) mass is 166 g/mol. The third-order valence-corrected chi connectivity index (χ3v) is 2.07. The Bertz CT molecular complexity index is 357. The number of ether oxygens (including phenoxy) is 1. The van der Waals surface area contributed by atoms with Crippen LogP contribution >= 0.6 is 0 Å². The predicted molar refractivity (Wildman–Crippen MR) is 43.0 cm³/mol. The van der Waals surface area contributed by atoms with E-state index in [4.69, 9.17) is 4.74 Å². The third-order valence-electron chi connectivity index (χ3n) is 2.07. The van der Waals surface area contributed by atoms with Gasteiger partial charge in [0, 0.05) is 5.69 Å². The van der Waals surface area contributed by atoms with Gasteiger partial charge in [0.2, 0.25) is 0 Å². The Morgan fingerprint density at radius 1 is 1.58 bits per heavy atom. The van der Waals surface area contributed by atoms with Gasteiger partial charge in [-0.2, -0.15) is 4.98 Å². The summed E-state index contributed by atoms with van der Waals surface area (Å²) in [6, 6.07) is 0. The molecular formula is C8H10N2O2. The maximum absolute atomic E-state index is 10.9. The van der Waals surface area contributed by atoms with Crippen LogP contribution < -0.4 is 5.69 Å². The van der Waals surface area contributed by atoms with E-state index >= 15 is 0 Å². The summed E-state index contributed by atoms with van der Waals surface area (Å²) in [5.41, 5.74) is 2.58. The van der Waals surface area contributed by atoms with Crippen molar-refractivity contribution in [3.63, 3.8) is 0 Å². The van der Waals surface area contributed by atoms with E-state index in [-0.39, 0.29) is 5.69 Å². The Balaban J connectivity index is 2.60. The maximum Gasteiger partial charge on any atom is 0.345 e. The number of nitrogens with zero attached hydrogens (tertiary/aromatic N) is 1. The number of aromatic amines is 1. The molecule has 64 valence electrons. The largest absolute Gasteiger partial charge is 0.375 e. The van der Waals surface area contributed by atoms with E-state index in [2.05, 4.69) is 9.97 Å². The number of H-pyrrole nitrogens is 1. The molecule has 0 saturated heterocycles. The number of rotatable bonds is 0. The van der Waals surface area contributed by atoms with Gasteiger partial charge in [-0.1, -0.05) is 0 Å². The standard InChI is InChI=1S/C8H10N2O2/c1-5-6-2-3-12-4-7(6)10-8(11)9-5/h2-4H2,1H3,(H,9,10,11). The third kappa shape index (κ3) is 1.14. The first-order chi connectivity index (χ1) is 5.77. The van der Waals surface area contributed by atoms with E-state index in [1.807, 2.05) is 6.92 Å². The summed E-state index contributed by atoms with van der Waals surface area (Å²) < 4.78 is 5.19. The molecule has 12 heavy (non-hydrogen) atoms. The molecule has 4 nitrogen and oxygen atoms in total. The fourth-order valence-electron chi connectivity index (χ4n) is 1.46. The minimum atomic E-state index is -0.281. The van der Waals surface area contributed by atoms with Gasteiger partial charge in [-0.05, 0) is 18.9 Å². The van der Waals surface area contributed by atoms with Crippen LogP contribution in [0.4, 0.5) is 0 Å². The zero-order valence-electron chi connectivity index (χ0n) is 6.89. The average Bonchev–Trinajstić information content (AvgIpc) is 2.04. The molecule has 0 radical (unpaired) electrons. The van der Waals surface area contributed by atoms with Crippen LogP contribution in [-0.2, 0) is 17.8 Å². The van der Waals surface area contributed by atoms with Gasteiger partial charge < -0.3 is 9.72 Å². The van der Waals surface area contributed by atoms with Gasteiger partial charge in [-0.3, -0.25) is 0 Å². The van der Waals surface area contributed by atoms with Crippen LogP contribution in [0.5, 0.6) is 0 Å². The molecule has 0 saturated carbocycles. The van der Waals surface area contributed by atoms with Crippen molar-refractivity contribution in [2.75, 3.05) is 6.61 Å². The van der Waals surface area contributed by atoms with Crippen LogP contribution in [-0.4, -0.2) is 16.6 Å². The number of hydrogen-bond donors (Lipinski definition) is 1. The topological polar surface area (TPSA) is 55.0 Å². The number of aryl methyl sites for hydroxylation is 1. The van der Waals surface area contributed by atoms with Crippen LogP contribution in [0.2, 0.25) is 0 Å². The van der Waals surface area contributed by atoms with Crippen LogP contribution in [0.1, 0.15) is 17.0 Å². The Hall–Kier alpha value is -1.16. The molecule has 0 bridgehead atoms. The Morgan fingerprint density at radius 3 is 3.25 bits per heavy atom. The molecule has 0 unspecified atom stereocenters. The molecule has 0 spiro atoms. The van der Waals surface area contributed by atoms with Crippen molar-refractivity contribution >= 4 is 0 Å². The Kier molecular flexibility index (Phi) is 1.69. The number of fused-ring (bicyclic) bond motifs is 1. The van der Waals surface area contributed by atoms with Crippen LogP contribution in [0.25, 0.3) is 0 Å². The summed E-state index contributed by atoms with van der Waals surface area (Å²) in [4.78, 5) is 17.5. The first kappa shape index (κ1) is 7.49. The number of hydrogen-bond acceptors (Lipinski definition) is 3. The van der Waals surface area contributed by atoms with E-state index in [0.717, 1.165) is 30.0 Å². The molecule has 2 rings (SSSR count). The zero-order chi connectivity index (χ0) is 8.55.